The summed E-state index contributed by atoms with van der Waals surface area (Å²) in [6.07, 6.45) is 4.15. The number of rotatable bonds is 6. The van der Waals surface area contributed by atoms with E-state index in [2.05, 4.69) is 38.6 Å². The summed E-state index contributed by atoms with van der Waals surface area (Å²) >= 11 is 0. The Hall–Kier alpha value is -3.14. The molecule has 1 atom stereocenters. The second-order valence-corrected chi connectivity index (χ2v) is 11.9. The van der Waals surface area contributed by atoms with Gasteiger partial charge in [-0.05, 0) is 63.9 Å². The maximum atomic E-state index is 13.8. The summed E-state index contributed by atoms with van der Waals surface area (Å²) in [6.45, 7) is 10.4. The number of fused-ring (bicyclic) bond motifs is 1. The number of nitrogens with one attached hydrogen (secondary N) is 2. The fraction of sp³-hybridized carbons (Fsp3) is 0.576. The predicted octanol–water partition coefficient (Wildman–Crippen LogP) is 3.48. The number of piperidine rings is 1. The van der Waals surface area contributed by atoms with Gasteiger partial charge in [-0.2, -0.15) is 0 Å². The number of carbonyl (C=O) groups excluding carboxylic acids is 2. The summed E-state index contributed by atoms with van der Waals surface area (Å²) in [5.74, 6) is 1.49. The number of benzene rings is 2. The molecule has 2 amide bonds. The van der Waals surface area contributed by atoms with Crippen LogP contribution in [-0.4, -0.2) is 93.4 Å². The van der Waals surface area contributed by atoms with Crippen molar-refractivity contribution in [1.82, 2.24) is 20.4 Å². The number of nitrogens with zero attached hydrogens (tertiary/aromatic N) is 2. The summed E-state index contributed by atoms with van der Waals surface area (Å²) in [5.41, 5.74) is 1.30. The lowest BCUT2D eigenvalue weighted by atomic mass is 9.73. The standard InChI is InChI=1S/C33H46N4O5/c1-26-25-42-30-11-5-3-9-28(30)31(38)34-15-7-6-12-33(32(39)35-26)13-16-37(17-14-33)24-27-8-2-4-10-29(27)41-23-20-36-18-21-40-22-19-36/h2-5,8-11,26H,6-7,12-25H2,1H3,(H,34,38)(H,35,39)/t26-/m1/s1. The molecular weight excluding hydrogens is 532 g/mol. The third-order valence-electron chi connectivity index (χ3n) is 8.80. The van der Waals surface area contributed by atoms with Crippen LogP contribution in [0.3, 0.4) is 0 Å². The number of likely N-dealkylation sites (tertiary alicyclic amines) is 1. The fourth-order valence-corrected chi connectivity index (χ4v) is 6.15. The van der Waals surface area contributed by atoms with Gasteiger partial charge in [-0.1, -0.05) is 36.8 Å². The van der Waals surface area contributed by atoms with Gasteiger partial charge in [0, 0.05) is 38.3 Å². The van der Waals surface area contributed by atoms with E-state index < -0.39 is 5.41 Å². The molecule has 9 heteroatoms. The number of amides is 2. The predicted molar refractivity (Wildman–Crippen MR) is 162 cm³/mol. The van der Waals surface area contributed by atoms with Gasteiger partial charge in [-0.3, -0.25) is 19.4 Å². The van der Waals surface area contributed by atoms with Gasteiger partial charge in [0.05, 0.1) is 30.2 Å². The van der Waals surface area contributed by atoms with Crippen LogP contribution in [-0.2, 0) is 16.1 Å². The second kappa shape index (κ2) is 14.8. The molecule has 2 aromatic rings. The zero-order chi connectivity index (χ0) is 29.2. The molecule has 0 radical (unpaired) electrons. The van der Waals surface area contributed by atoms with E-state index in [1.165, 1.54) is 5.56 Å². The lowest BCUT2D eigenvalue weighted by Crippen LogP contribution is -2.51. The molecule has 0 saturated carbocycles. The molecule has 9 nitrogen and oxygen atoms in total. The van der Waals surface area contributed by atoms with Gasteiger partial charge in [0.2, 0.25) is 5.91 Å². The molecule has 42 heavy (non-hydrogen) atoms. The molecule has 3 heterocycles. The van der Waals surface area contributed by atoms with Gasteiger partial charge < -0.3 is 24.8 Å². The van der Waals surface area contributed by atoms with Crippen LogP contribution < -0.4 is 20.1 Å². The quantitative estimate of drug-likeness (QED) is 0.542. The third-order valence-corrected chi connectivity index (χ3v) is 8.80. The number of para-hydroxylation sites is 2. The van der Waals surface area contributed by atoms with Crippen molar-refractivity contribution < 1.29 is 23.8 Å². The van der Waals surface area contributed by atoms with Crippen molar-refractivity contribution in [3.05, 3.63) is 59.7 Å². The maximum absolute atomic E-state index is 13.8. The minimum absolute atomic E-state index is 0.118. The highest BCUT2D eigenvalue weighted by Gasteiger charge is 2.41. The van der Waals surface area contributed by atoms with E-state index in [4.69, 9.17) is 14.2 Å². The van der Waals surface area contributed by atoms with E-state index in [1.54, 1.807) is 12.1 Å². The Morgan fingerprint density at radius 1 is 0.929 bits per heavy atom. The Morgan fingerprint density at radius 2 is 1.69 bits per heavy atom. The van der Waals surface area contributed by atoms with E-state index in [0.29, 0.717) is 31.1 Å². The van der Waals surface area contributed by atoms with E-state index in [0.717, 1.165) is 90.3 Å². The van der Waals surface area contributed by atoms with Gasteiger partial charge in [0.15, 0.2) is 0 Å². The molecule has 0 aliphatic carbocycles. The van der Waals surface area contributed by atoms with E-state index in [1.807, 2.05) is 25.1 Å². The highest BCUT2D eigenvalue weighted by atomic mass is 16.5. The largest absolute Gasteiger partial charge is 0.492 e. The number of hydrogen-bond acceptors (Lipinski definition) is 7. The van der Waals surface area contributed by atoms with Gasteiger partial charge >= 0.3 is 0 Å². The van der Waals surface area contributed by atoms with Crippen molar-refractivity contribution in [2.24, 2.45) is 5.41 Å². The summed E-state index contributed by atoms with van der Waals surface area (Å²) < 4.78 is 17.7. The van der Waals surface area contributed by atoms with E-state index in [9.17, 15) is 9.59 Å². The Balaban J connectivity index is 1.18. The number of morpholine rings is 1. The molecule has 2 fully saturated rings. The topological polar surface area (TPSA) is 92.4 Å². The van der Waals surface area contributed by atoms with Crippen LogP contribution >= 0.6 is 0 Å². The van der Waals surface area contributed by atoms with Crippen molar-refractivity contribution >= 4 is 11.8 Å². The Labute approximate surface area is 249 Å². The third kappa shape index (κ3) is 8.02. The molecular formula is C33H46N4O5. The zero-order valence-electron chi connectivity index (χ0n) is 24.9. The van der Waals surface area contributed by atoms with Crippen molar-refractivity contribution in [2.75, 3.05) is 65.7 Å². The molecule has 0 bridgehead atoms. The minimum atomic E-state index is -0.412. The molecule has 1 spiro atoms. The Bertz CT molecular complexity index is 1180. The molecule has 3 aliphatic rings. The molecule has 0 unspecified atom stereocenters. The first-order chi connectivity index (χ1) is 20.5. The van der Waals surface area contributed by atoms with Crippen molar-refractivity contribution in [2.45, 2.75) is 51.6 Å². The van der Waals surface area contributed by atoms with E-state index in [-0.39, 0.29) is 17.9 Å². The average Bonchev–Trinajstić information content (AvgIpc) is 3.01. The molecule has 5 rings (SSSR count). The Kier molecular flexibility index (Phi) is 10.7. The highest BCUT2D eigenvalue weighted by Crippen LogP contribution is 2.38. The van der Waals surface area contributed by atoms with Gasteiger partial charge in [0.25, 0.3) is 5.91 Å². The van der Waals surface area contributed by atoms with Gasteiger partial charge in [-0.25, -0.2) is 0 Å². The number of hydrogen-bond donors (Lipinski definition) is 2. The van der Waals surface area contributed by atoms with Crippen LogP contribution in [0.2, 0.25) is 0 Å². The molecule has 2 N–H and O–H groups in total. The summed E-state index contributed by atoms with van der Waals surface area (Å²) in [6, 6.07) is 15.4. The van der Waals surface area contributed by atoms with Crippen LogP contribution in [0, 0.1) is 5.41 Å². The van der Waals surface area contributed by atoms with E-state index >= 15 is 0 Å². The molecule has 2 saturated heterocycles. The maximum Gasteiger partial charge on any atom is 0.255 e. The molecule has 228 valence electrons. The molecule has 3 aliphatic heterocycles. The summed E-state index contributed by atoms with van der Waals surface area (Å²) in [4.78, 5) is 31.3. The average molecular weight is 579 g/mol. The summed E-state index contributed by atoms with van der Waals surface area (Å²) in [5, 5.41) is 6.28. The van der Waals surface area contributed by atoms with Crippen LogP contribution in [0.4, 0.5) is 0 Å². The van der Waals surface area contributed by atoms with Crippen LogP contribution in [0.15, 0.2) is 48.5 Å². The molecule has 2 aromatic carbocycles. The van der Waals surface area contributed by atoms with Crippen molar-refractivity contribution in [3.63, 3.8) is 0 Å². The smallest absolute Gasteiger partial charge is 0.255 e. The highest BCUT2D eigenvalue weighted by molar-refractivity contribution is 5.96. The zero-order valence-corrected chi connectivity index (χ0v) is 24.9. The lowest BCUT2D eigenvalue weighted by Gasteiger charge is -2.41. The van der Waals surface area contributed by atoms with Gasteiger partial charge in [-0.15, -0.1) is 0 Å². The minimum Gasteiger partial charge on any atom is -0.492 e. The molecule has 0 aromatic heterocycles. The SMILES string of the molecule is C[C@@H]1COc2ccccc2C(=O)NCCCCC2(CCN(Cc3ccccc3OCCN3CCOCC3)CC2)C(=O)N1. The normalized spacial score (nSPS) is 22.7. The Morgan fingerprint density at radius 3 is 2.52 bits per heavy atom. The first-order valence-electron chi connectivity index (χ1n) is 15.6. The van der Waals surface area contributed by atoms with Gasteiger partial charge in [0.1, 0.15) is 24.7 Å². The van der Waals surface area contributed by atoms with Crippen LogP contribution in [0.1, 0.15) is 54.9 Å². The fourth-order valence-electron chi connectivity index (χ4n) is 6.15. The monoisotopic (exact) mass is 578 g/mol. The summed E-state index contributed by atoms with van der Waals surface area (Å²) in [7, 11) is 0. The van der Waals surface area contributed by atoms with Crippen LogP contribution in [0.25, 0.3) is 0 Å². The first kappa shape index (κ1) is 30.3. The van der Waals surface area contributed by atoms with Crippen molar-refractivity contribution in [1.29, 1.82) is 0 Å². The number of carbonyl (C=O) groups is 2. The lowest BCUT2D eigenvalue weighted by molar-refractivity contribution is -0.135. The van der Waals surface area contributed by atoms with Crippen LogP contribution in [0.5, 0.6) is 11.5 Å². The second-order valence-electron chi connectivity index (χ2n) is 11.9. The van der Waals surface area contributed by atoms with Crippen molar-refractivity contribution in [3.8, 4) is 11.5 Å². The number of ether oxygens (including phenoxy) is 3. The first-order valence-corrected chi connectivity index (χ1v) is 15.6.